The first-order chi connectivity index (χ1) is 16.6. The summed E-state index contributed by atoms with van der Waals surface area (Å²) in [7, 11) is 0. The van der Waals surface area contributed by atoms with Crippen molar-refractivity contribution in [2.45, 2.75) is 25.8 Å². The highest BCUT2D eigenvalue weighted by atomic mass is 16.5. The standard InChI is InChI=1S/C25H26N6O3/c1-2-34-20-10-8-17(9-11-20)24(33)30-14-12-18(13-15-30)27-25-28-22-21(23(32)29-25)16-26-31(22)19-6-4-3-5-7-19/h3-11,16,18H,2,12-15H2,1H3,(H2,27,28,29,32). The zero-order chi connectivity index (χ0) is 23.5. The Morgan fingerprint density at radius 1 is 1.12 bits per heavy atom. The molecule has 2 N–H and O–H groups in total. The molecule has 0 saturated carbocycles. The van der Waals surface area contributed by atoms with Crippen LogP contribution in [0.4, 0.5) is 5.95 Å². The van der Waals surface area contributed by atoms with Crippen molar-refractivity contribution < 1.29 is 9.53 Å². The van der Waals surface area contributed by atoms with Gasteiger partial charge in [0.2, 0.25) is 5.95 Å². The second-order valence-corrected chi connectivity index (χ2v) is 8.21. The van der Waals surface area contributed by atoms with Crippen molar-refractivity contribution in [3.05, 3.63) is 76.7 Å². The first-order valence-corrected chi connectivity index (χ1v) is 11.4. The molecule has 0 aliphatic carbocycles. The highest BCUT2D eigenvalue weighted by Gasteiger charge is 2.24. The van der Waals surface area contributed by atoms with Crippen LogP contribution in [0.15, 0.2) is 65.6 Å². The molecule has 3 heterocycles. The monoisotopic (exact) mass is 458 g/mol. The average molecular weight is 459 g/mol. The zero-order valence-electron chi connectivity index (χ0n) is 18.9. The number of para-hydroxylation sites is 1. The van der Waals surface area contributed by atoms with Gasteiger partial charge in [0.25, 0.3) is 11.5 Å². The van der Waals surface area contributed by atoms with Gasteiger partial charge in [0, 0.05) is 24.7 Å². The number of benzene rings is 2. The van der Waals surface area contributed by atoms with Crippen LogP contribution in [0.1, 0.15) is 30.1 Å². The third-order valence-electron chi connectivity index (χ3n) is 5.97. The number of hydrogen-bond donors (Lipinski definition) is 2. The predicted octanol–water partition coefficient (Wildman–Crippen LogP) is 3.22. The van der Waals surface area contributed by atoms with Crippen molar-refractivity contribution in [3.8, 4) is 11.4 Å². The molecular formula is C25H26N6O3. The van der Waals surface area contributed by atoms with Crippen LogP contribution < -0.4 is 15.6 Å². The number of aromatic amines is 1. The van der Waals surface area contributed by atoms with Crippen molar-refractivity contribution in [3.63, 3.8) is 0 Å². The van der Waals surface area contributed by atoms with Gasteiger partial charge in [-0.3, -0.25) is 14.6 Å². The Kier molecular flexibility index (Phi) is 5.99. The van der Waals surface area contributed by atoms with E-state index in [1.807, 2.05) is 54.3 Å². The van der Waals surface area contributed by atoms with Crippen molar-refractivity contribution in [1.82, 2.24) is 24.6 Å². The van der Waals surface area contributed by atoms with E-state index in [0.29, 0.717) is 42.2 Å². The van der Waals surface area contributed by atoms with Crippen LogP contribution in [0.2, 0.25) is 0 Å². The Labute approximate surface area is 196 Å². The topological polar surface area (TPSA) is 105 Å². The number of ether oxygens (including phenoxy) is 1. The molecule has 0 unspecified atom stereocenters. The molecule has 1 aliphatic heterocycles. The molecular weight excluding hydrogens is 432 g/mol. The zero-order valence-corrected chi connectivity index (χ0v) is 18.9. The van der Waals surface area contributed by atoms with Gasteiger partial charge in [0.15, 0.2) is 5.65 Å². The molecule has 0 bridgehead atoms. The molecule has 1 amide bonds. The largest absolute Gasteiger partial charge is 0.494 e. The van der Waals surface area contributed by atoms with Crippen LogP contribution in [0.25, 0.3) is 16.7 Å². The molecule has 1 aliphatic rings. The third-order valence-corrected chi connectivity index (χ3v) is 5.97. The first-order valence-electron chi connectivity index (χ1n) is 11.4. The minimum absolute atomic E-state index is 0.0150. The van der Waals surface area contributed by atoms with Crippen LogP contribution >= 0.6 is 0 Å². The number of aromatic nitrogens is 4. The summed E-state index contributed by atoms with van der Waals surface area (Å²) in [5.74, 6) is 1.18. The lowest BCUT2D eigenvalue weighted by atomic mass is 10.0. The van der Waals surface area contributed by atoms with E-state index in [1.165, 1.54) is 6.20 Å². The van der Waals surface area contributed by atoms with E-state index in [-0.39, 0.29) is 17.5 Å². The van der Waals surface area contributed by atoms with Gasteiger partial charge in [-0.25, -0.2) is 4.68 Å². The summed E-state index contributed by atoms with van der Waals surface area (Å²) in [5.41, 5.74) is 1.75. The van der Waals surface area contributed by atoms with Gasteiger partial charge >= 0.3 is 0 Å². The van der Waals surface area contributed by atoms with E-state index in [9.17, 15) is 9.59 Å². The number of hydrogen-bond acceptors (Lipinski definition) is 6. The van der Waals surface area contributed by atoms with Gasteiger partial charge in [-0.2, -0.15) is 10.1 Å². The minimum atomic E-state index is -0.238. The lowest BCUT2D eigenvalue weighted by Gasteiger charge is -2.32. The molecule has 2 aromatic carbocycles. The van der Waals surface area contributed by atoms with E-state index in [1.54, 1.807) is 16.8 Å². The maximum absolute atomic E-state index is 12.9. The van der Waals surface area contributed by atoms with Gasteiger partial charge in [0.1, 0.15) is 11.1 Å². The Balaban J connectivity index is 1.26. The summed E-state index contributed by atoms with van der Waals surface area (Å²) in [5, 5.41) is 8.12. The number of rotatable bonds is 6. The summed E-state index contributed by atoms with van der Waals surface area (Å²) < 4.78 is 7.11. The number of carbonyl (C=O) groups excluding carboxylic acids is 1. The molecule has 5 rings (SSSR count). The van der Waals surface area contributed by atoms with Crippen molar-refractivity contribution >= 4 is 22.9 Å². The van der Waals surface area contributed by atoms with Gasteiger partial charge in [-0.1, -0.05) is 18.2 Å². The maximum Gasteiger partial charge on any atom is 0.263 e. The number of H-pyrrole nitrogens is 1. The summed E-state index contributed by atoms with van der Waals surface area (Å²) >= 11 is 0. The van der Waals surface area contributed by atoms with Crippen molar-refractivity contribution in [1.29, 1.82) is 0 Å². The number of nitrogens with one attached hydrogen (secondary N) is 2. The normalized spacial score (nSPS) is 14.3. The van der Waals surface area contributed by atoms with Crippen LogP contribution in [-0.4, -0.2) is 56.3 Å². The summed E-state index contributed by atoms with van der Waals surface area (Å²) in [4.78, 5) is 34.8. The Morgan fingerprint density at radius 2 is 1.85 bits per heavy atom. The molecule has 174 valence electrons. The second kappa shape index (κ2) is 9.38. The fraction of sp³-hybridized carbons (Fsp3) is 0.280. The molecule has 4 aromatic rings. The van der Waals surface area contributed by atoms with Gasteiger partial charge < -0.3 is 15.0 Å². The number of carbonyl (C=O) groups is 1. The fourth-order valence-corrected chi connectivity index (χ4v) is 4.21. The number of likely N-dealkylation sites (tertiary alicyclic amines) is 1. The second-order valence-electron chi connectivity index (χ2n) is 8.21. The maximum atomic E-state index is 12.9. The SMILES string of the molecule is CCOc1ccc(C(=O)N2CCC(Nc3nc4c(cnn4-c4ccccc4)c(=O)[nH]3)CC2)cc1. The van der Waals surface area contributed by atoms with E-state index < -0.39 is 0 Å². The molecule has 0 radical (unpaired) electrons. The Morgan fingerprint density at radius 3 is 2.56 bits per heavy atom. The molecule has 1 fully saturated rings. The van der Waals surface area contributed by atoms with Crippen LogP contribution in [-0.2, 0) is 0 Å². The Hall–Kier alpha value is -4.14. The first kappa shape index (κ1) is 21.7. The highest BCUT2D eigenvalue weighted by molar-refractivity contribution is 5.94. The van der Waals surface area contributed by atoms with Gasteiger partial charge in [-0.05, 0) is 56.2 Å². The fourth-order valence-electron chi connectivity index (χ4n) is 4.21. The van der Waals surface area contributed by atoms with Crippen molar-refractivity contribution in [2.24, 2.45) is 0 Å². The molecule has 9 heteroatoms. The minimum Gasteiger partial charge on any atom is -0.494 e. The molecule has 1 saturated heterocycles. The van der Waals surface area contributed by atoms with E-state index in [2.05, 4.69) is 20.4 Å². The average Bonchev–Trinajstić information content (AvgIpc) is 3.30. The lowest BCUT2D eigenvalue weighted by Crippen LogP contribution is -2.42. The number of anilines is 1. The summed E-state index contributed by atoms with van der Waals surface area (Å²) in [6, 6.07) is 16.9. The molecule has 0 atom stereocenters. The molecule has 9 nitrogen and oxygen atoms in total. The molecule has 34 heavy (non-hydrogen) atoms. The predicted molar refractivity (Wildman–Crippen MR) is 130 cm³/mol. The van der Waals surface area contributed by atoms with Crippen molar-refractivity contribution in [2.75, 3.05) is 25.0 Å². The molecule has 0 spiro atoms. The Bertz CT molecular complexity index is 1340. The number of nitrogens with zero attached hydrogens (tertiary/aromatic N) is 4. The molecule has 2 aromatic heterocycles. The number of amides is 1. The lowest BCUT2D eigenvalue weighted by molar-refractivity contribution is 0.0718. The quantitative estimate of drug-likeness (QED) is 0.460. The van der Waals surface area contributed by atoms with Crippen LogP contribution in [0.5, 0.6) is 5.75 Å². The van der Waals surface area contributed by atoms with E-state index in [0.717, 1.165) is 24.3 Å². The summed E-state index contributed by atoms with van der Waals surface area (Å²) in [6.07, 6.45) is 3.04. The highest BCUT2D eigenvalue weighted by Crippen LogP contribution is 2.20. The van der Waals surface area contributed by atoms with E-state index in [4.69, 9.17) is 4.74 Å². The van der Waals surface area contributed by atoms with E-state index >= 15 is 0 Å². The third kappa shape index (κ3) is 4.36. The van der Waals surface area contributed by atoms with Gasteiger partial charge in [0.05, 0.1) is 18.5 Å². The smallest absolute Gasteiger partial charge is 0.263 e. The number of fused-ring (bicyclic) bond motifs is 1. The van der Waals surface area contributed by atoms with Gasteiger partial charge in [-0.15, -0.1) is 0 Å². The summed E-state index contributed by atoms with van der Waals surface area (Å²) in [6.45, 7) is 3.77. The van der Waals surface area contributed by atoms with Crippen LogP contribution in [0.3, 0.4) is 0 Å². The number of piperidine rings is 1. The van der Waals surface area contributed by atoms with Crippen LogP contribution in [0, 0.1) is 0 Å².